The van der Waals surface area contributed by atoms with E-state index in [0.29, 0.717) is 0 Å². The Hall–Kier alpha value is -2.99. The fourth-order valence-electron chi connectivity index (χ4n) is 4.32. The maximum Gasteiger partial charge on any atom is 0.253 e. The molecule has 2 heterocycles. The Morgan fingerprint density at radius 2 is 1.65 bits per heavy atom. The summed E-state index contributed by atoms with van der Waals surface area (Å²) in [5.74, 6) is 1.62. The van der Waals surface area contributed by atoms with Crippen LogP contribution in [0.4, 0.5) is 0 Å². The molecule has 3 aromatic rings. The molecule has 2 aromatic carbocycles. The van der Waals surface area contributed by atoms with E-state index in [4.69, 9.17) is 9.47 Å². The number of ether oxygens (including phenoxy) is 2. The molecule has 0 bridgehead atoms. The third-order valence-corrected chi connectivity index (χ3v) is 6.45. The van der Waals surface area contributed by atoms with E-state index in [1.54, 1.807) is 14.2 Å². The minimum Gasteiger partial charge on any atom is -0.493 e. The van der Waals surface area contributed by atoms with Crippen molar-refractivity contribution in [3.05, 3.63) is 58.3 Å². The number of aromatic amines is 1. The van der Waals surface area contributed by atoms with Crippen LogP contribution in [0.25, 0.3) is 10.9 Å². The van der Waals surface area contributed by atoms with Gasteiger partial charge in [0.15, 0.2) is 11.5 Å². The smallest absolute Gasteiger partial charge is 0.253 e. The number of nitrogens with one attached hydrogen (secondary N) is 1. The van der Waals surface area contributed by atoms with Gasteiger partial charge in [0.05, 0.1) is 14.2 Å². The number of benzene rings is 2. The molecule has 1 fully saturated rings. The predicted molar refractivity (Wildman–Crippen MR) is 123 cm³/mol. The van der Waals surface area contributed by atoms with E-state index < -0.39 is 0 Å². The second-order valence-corrected chi connectivity index (χ2v) is 8.34. The normalized spacial score (nSPS) is 14.8. The lowest BCUT2D eigenvalue weighted by Gasteiger charge is -2.35. The van der Waals surface area contributed by atoms with Gasteiger partial charge in [0.25, 0.3) is 5.91 Å². The highest BCUT2D eigenvalue weighted by Gasteiger charge is 2.23. The van der Waals surface area contributed by atoms with Gasteiger partial charge in [0.1, 0.15) is 0 Å². The molecule has 1 saturated heterocycles. The van der Waals surface area contributed by atoms with Crippen LogP contribution in [0.3, 0.4) is 0 Å². The van der Waals surface area contributed by atoms with Gasteiger partial charge in [-0.1, -0.05) is 0 Å². The standard InChI is InChI=1S/C25H31N3O3/c1-16-12-23(30-4)24(31-5)14-20(16)15-27-8-10-28(11-9-27)25(29)19-6-7-22-21(13-19)17(2)18(3)26-22/h6-7,12-14,26H,8-11,15H2,1-5H3. The van der Waals surface area contributed by atoms with Crippen LogP contribution >= 0.6 is 0 Å². The van der Waals surface area contributed by atoms with Crippen molar-refractivity contribution in [1.29, 1.82) is 0 Å². The van der Waals surface area contributed by atoms with Crippen molar-refractivity contribution in [3.8, 4) is 11.5 Å². The number of hydrogen-bond donors (Lipinski definition) is 1. The number of rotatable bonds is 5. The molecule has 31 heavy (non-hydrogen) atoms. The zero-order valence-corrected chi connectivity index (χ0v) is 19.0. The van der Waals surface area contributed by atoms with E-state index in [0.717, 1.165) is 66.4 Å². The number of carbonyl (C=O) groups excluding carboxylic acids is 1. The lowest BCUT2D eigenvalue weighted by atomic mass is 10.1. The summed E-state index contributed by atoms with van der Waals surface area (Å²) in [6.07, 6.45) is 0. The van der Waals surface area contributed by atoms with Crippen molar-refractivity contribution in [1.82, 2.24) is 14.8 Å². The van der Waals surface area contributed by atoms with Gasteiger partial charge in [0, 0.05) is 54.9 Å². The van der Waals surface area contributed by atoms with Crippen LogP contribution < -0.4 is 9.47 Å². The molecule has 0 radical (unpaired) electrons. The average molecular weight is 422 g/mol. The number of piperazine rings is 1. The van der Waals surface area contributed by atoms with Crippen LogP contribution in [-0.4, -0.2) is 61.1 Å². The molecule has 1 aliphatic rings. The zero-order valence-electron chi connectivity index (χ0n) is 19.0. The average Bonchev–Trinajstić information content (AvgIpc) is 3.07. The van der Waals surface area contributed by atoms with E-state index in [1.165, 1.54) is 16.7 Å². The highest BCUT2D eigenvalue weighted by atomic mass is 16.5. The third kappa shape index (κ3) is 4.12. The summed E-state index contributed by atoms with van der Waals surface area (Å²) in [6, 6.07) is 10.0. The predicted octanol–water partition coefficient (Wildman–Crippen LogP) is 4.07. The topological polar surface area (TPSA) is 57.8 Å². The number of nitrogens with zero attached hydrogens (tertiary/aromatic N) is 2. The maximum atomic E-state index is 13.1. The number of amides is 1. The molecule has 1 aliphatic heterocycles. The summed E-state index contributed by atoms with van der Waals surface area (Å²) in [5, 5.41) is 1.13. The molecule has 0 aliphatic carbocycles. The van der Waals surface area contributed by atoms with Gasteiger partial charge in [-0.2, -0.15) is 0 Å². The van der Waals surface area contributed by atoms with Crippen molar-refractivity contribution in [2.45, 2.75) is 27.3 Å². The fourth-order valence-corrected chi connectivity index (χ4v) is 4.32. The molecule has 6 nitrogen and oxygen atoms in total. The second kappa shape index (κ2) is 8.63. The molecule has 0 atom stereocenters. The van der Waals surface area contributed by atoms with Gasteiger partial charge in [-0.05, 0) is 67.8 Å². The number of H-pyrrole nitrogens is 1. The van der Waals surface area contributed by atoms with Crippen LogP contribution in [0.2, 0.25) is 0 Å². The Balaban J connectivity index is 1.42. The first-order valence-electron chi connectivity index (χ1n) is 10.7. The number of carbonyl (C=O) groups is 1. The molecule has 6 heteroatoms. The monoisotopic (exact) mass is 421 g/mol. The first-order valence-corrected chi connectivity index (χ1v) is 10.7. The van der Waals surface area contributed by atoms with Gasteiger partial charge in [-0.3, -0.25) is 9.69 Å². The van der Waals surface area contributed by atoms with Crippen molar-refractivity contribution in [2.75, 3.05) is 40.4 Å². The SMILES string of the molecule is COc1cc(C)c(CN2CCN(C(=O)c3ccc4[nH]c(C)c(C)c4c3)CC2)cc1OC. The van der Waals surface area contributed by atoms with Crippen molar-refractivity contribution in [3.63, 3.8) is 0 Å². The minimum absolute atomic E-state index is 0.113. The van der Waals surface area contributed by atoms with Crippen LogP contribution in [0.5, 0.6) is 11.5 Å². The van der Waals surface area contributed by atoms with E-state index in [-0.39, 0.29) is 5.91 Å². The minimum atomic E-state index is 0.113. The lowest BCUT2D eigenvalue weighted by Crippen LogP contribution is -2.48. The highest BCUT2D eigenvalue weighted by Crippen LogP contribution is 2.31. The molecule has 164 valence electrons. The summed E-state index contributed by atoms with van der Waals surface area (Å²) < 4.78 is 10.9. The number of aromatic nitrogens is 1. The molecule has 0 unspecified atom stereocenters. The van der Waals surface area contributed by atoms with E-state index in [1.807, 2.05) is 29.2 Å². The van der Waals surface area contributed by atoms with E-state index >= 15 is 0 Å². The summed E-state index contributed by atoms with van der Waals surface area (Å²) in [7, 11) is 3.32. The Labute approximate surface area is 183 Å². The highest BCUT2D eigenvalue weighted by molar-refractivity contribution is 5.99. The van der Waals surface area contributed by atoms with Crippen LogP contribution in [0.1, 0.15) is 32.7 Å². The van der Waals surface area contributed by atoms with Crippen molar-refractivity contribution >= 4 is 16.8 Å². The molecule has 1 amide bonds. The summed E-state index contributed by atoms with van der Waals surface area (Å²) in [5.41, 5.74) is 6.61. The van der Waals surface area contributed by atoms with Crippen LogP contribution in [-0.2, 0) is 6.54 Å². The summed E-state index contributed by atoms with van der Waals surface area (Å²) >= 11 is 0. The Bertz CT molecular complexity index is 1110. The number of fused-ring (bicyclic) bond motifs is 1. The van der Waals surface area contributed by atoms with Crippen molar-refractivity contribution in [2.24, 2.45) is 0 Å². The molecule has 0 saturated carbocycles. The summed E-state index contributed by atoms with van der Waals surface area (Å²) in [6.45, 7) is 10.3. The lowest BCUT2D eigenvalue weighted by molar-refractivity contribution is 0.0628. The van der Waals surface area contributed by atoms with E-state index in [2.05, 4.69) is 36.7 Å². The van der Waals surface area contributed by atoms with Crippen LogP contribution in [0.15, 0.2) is 30.3 Å². The number of hydrogen-bond acceptors (Lipinski definition) is 4. The first-order chi connectivity index (χ1) is 14.9. The molecule has 1 N–H and O–H groups in total. The quantitative estimate of drug-likeness (QED) is 0.675. The van der Waals surface area contributed by atoms with Gasteiger partial charge < -0.3 is 19.4 Å². The molecular weight excluding hydrogens is 390 g/mol. The molecule has 4 rings (SSSR count). The Kier molecular flexibility index (Phi) is 5.92. The van der Waals surface area contributed by atoms with Crippen LogP contribution in [0, 0.1) is 20.8 Å². The van der Waals surface area contributed by atoms with Crippen molar-refractivity contribution < 1.29 is 14.3 Å². The first kappa shape index (κ1) is 21.2. The van der Waals surface area contributed by atoms with E-state index in [9.17, 15) is 4.79 Å². The molecular formula is C25H31N3O3. The Morgan fingerprint density at radius 3 is 2.32 bits per heavy atom. The molecule has 1 aromatic heterocycles. The zero-order chi connectivity index (χ0) is 22.1. The van der Waals surface area contributed by atoms with Gasteiger partial charge in [0.2, 0.25) is 0 Å². The summed E-state index contributed by atoms with van der Waals surface area (Å²) in [4.78, 5) is 20.8. The Morgan fingerprint density at radius 1 is 0.968 bits per heavy atom. The number of methoxy groups -OCH3 is 2. The fraction of sp³-hybridized carbons (Fsp3) is 0.400. The molecule has 0 spiro atoms. The number of aryl methyl sites for hydroxylation is 3. The third-order valence-electron chi connectivity index (χ3n) is 6.45. The van der Waals surface area contributed by atoms with Gasteiger partial charge >= 0.3 is 0 Å². The maximum absolute atomic E-state index is 13.1. The van der Waals surface area contributed by atoms with Gasteiger partial charge in [-0.25, -0.2) is 0 Å². The second-order valence-electron chi connectivity index (χ2n) is 8.34. The largest absolute Gasteiger partial charge is 0.493 e. The van der Waals surface area contributed by atoms with Gasteiger partial charge in [-0.15, -0.1) is 0 Å².